The topological polar surface area (TPSA) is 3.24 Å². The molecule has 1 aromatic rings. The molecule has 0 spiro atoms. The average Bonchev–Trinajstić information content (AvgIpc) is 2.20. The van der Waals surface area contributed by atoms with Gasteiger partial charge < -0.3 is 4.90 Å². The lowest BCUT2D eigenvalue weighted by Crippen LogP contribution is -2.21. The molecule has 16 heavy (non-hydrogen) atoms. The van der Waals surface area contributed by atoms with Gasteiger partial charge in [-0.2, -0.15) is 0 Å². The van der Waals surface area contributed by atoms with Gasteiger partial charge in [0, 0.05) is 16.9 Å². The van der Waals surface area contributed by atoms with Crippen LogP contribution in [0.2, 0.25) is 0 Å². The molecule has 0 saturated carbocycles. The smallest absolute Gasteiger partial charge is 0.127 e. The number of alkyl halides is 1. The zero-order valence-corrected chi connectivity index (χ0v) is 11.1. The standard InChI is InChI=1S/C12H16BrF2N/c1-9(13)5-6-16(2)8-10-7-11(14)3-4-12(10)15/h3-4,7,9H,5-6,8H2,1-2H3. The molecule has 0 radical (unpaired) electrons. The molecule has 0 saturated heterocycles. The van der Waals surface area contributed by atoms with Crippen LogP contribution in [-0.2, 0) is 6.54 Å². The molecule has 0 heterocycles. The van der Waals surface area contributed by atoms with Crippen molar-refractivity contribution < 1.29 is 8.78 Å². The van der Waals surface area contributed by atoms with Crippen LogP contribution in [0.25, 0.3) is 0 Å². The van der Waals surface area contributed by atoms with Crippen LogP contribution >= 0.6 is 15.9 Å². The highest BCUT2D eigenvalue weighted by Crippen LogP contribution is 2.12. The van der Waals surface area contributed by atoms with Crippen LogP contribution in [0.4, 0.5) is 8.78 Å². The Morgan fingerprint density at radius 2 is 2.06 bits per heavy atom. The maximum Gasteiger partial charge on any atom is 0.127 e. The first-order valence-electron chi connectivity index (χ1n) is 5.25. The molecule has 0 aliphatic carbocycles. The lowest BCUT2D eigenvalue weighted by molar-refractivity contribution is 0.317. The summed E-state index contributed by atoms with van der Waals surface area (Å²) in [5, 5.41) is 0. The Bertz CT molecular complexity index is 342. The molecular formula is C12H16BrF2N. The second-order valence-corrected chi connectivity index (χ2v) is 5.61. The van der Waals surface area contributed by atoms with Crippen LogP contribution in [0, 0.1) is 11.6 Å². The van der Waals surface area contributed by atoms with Crippen LogP contribution in [0.15, 0.2) is 18.2 Å². The van der Waals surface area contributed by atoms with Crippen LogP contribution in [0.5, 0.6) is 0 Å². The van der Waals surface area contributed by atoms with Crippen molar-refractivity contribution in [3.63, 3.8) is 0 Å². The van der Waals surface area contributed by atoms with Gasteiger partial charge in [0.15, 0.2) is 0 Å². The fourth-order valence-corrected chi connectivity index (χ4v) is 1.64. The number of hydrogen-bond acceptors (Lipinski definition) is 1. The Morgan fingerprint density at radius 1 is 1.38 bits per heavy atom. The minimum Gasteiger partial charge on any atom is -0.302 e. The molecular weight excluding hydrogens is 276 g/mol. The Morgan fingerprint density at radius 3 is 2.69 bits per heavy atom. The zero-order chi connectivity index (χ0) is 12.1. The van der Waals surface area contributed by atoms with Crippen molar-refractivity contribution >= 4 is 15.9 Å². The van der Waals surface area contributed by atoms with Crippen molar-refractivity contribution in [2.75, 3.05) is 13.6 Å². The molecule has 0 amide bonds. The van der Waals surface area contributed by atoms with Gasteiger partial charge in [0.25, 0.3) is 0 Å². The Hall–Kier alpha value is -0.480. The summed E-state index contributed by atoms with van der Waals surface area (Å²) < 4.78 is 26.2. The minimum absolute atomic E-state index is 0.347. The largest absolute Gasteiger partial charge is 0.302 e. The molecule has 0 N–H and O–H groups in total. The molecule has 1 nitrogen and oxygen atoms in total. The van der Waals surface area contributed by atoms with Gasteiger partial charge >= 0.3 is 0 Å². The van der Waals surface area contributed by atoms with Crippen LogP contribution < -0.4 is 0 Å². The SMILES string of the molecule is CC(Br)CCN(C)Cc1cc(F)ccc1F. The molecule has 0 aromatic heterocycles. The number of benzene rings is 1. The van der Waals surface area contributed by atoms with Gasteiger partial charge in [0.2, 0.25) is 0 Å². The first-order valence-corrected chi connectivity index (χ1v) is 6.17. The van der Waals surface area contributed by atoms with Gasteiger partial charge in [0.05, 0.1) is 0 Å². The van der Waals surface area contributed by atoms with E-state index in [1.54, 1.807) is 0 Å². The van der Waals surface area contributed by atoms with Crippen molar-refractivity contribution in [2.45, 2.75) is 24.7 Å². The van der Waals surface area contributed by atoms with E-state index >= 15 is 0 Å². The Kier molecular flexibility index (Phi) is 5.35. The lowest BCUT2D eigenvalue weighted by atomic mass is 10.2. The lowest BCUT2D eigenvalue weighted by Gasteiger charge is -2.17. The molecule has 4 heteroatoms. The highest BCUT2D eigenvalue weighted by atomic mass is 79.9. The van der Waals surface area contributed by atoms with Crippen molar-refractivity contribution in [1.29, 1.82) is 0 Å². The van der Waals surface area contributed by atoms with E-state index in [0.29, 0.717) is 16.9 Å². The van der Waals surface area contributed by atoms with E-state index in [0.717, 1.165) is 19.0 Å². The molecule has 1 unspecified atom stereocenters. The predicted octanol–water partition coefficient (Wildman–Crippen LogP) is 3.57. The average molecular weight is 292 g/mol. The van der Waals surface area contributed by atoms with Crippen molar-refractivity contribution in [3.05, 3.63) is 35.4 Å². The molecule has 0 aliphatic rings. The monoisotopic (exact) mass is 291 g/mol. The van der Waals surface area contributed by atoms with Gasteiger partial charge in [-0.1, -0.05) is 22.9 Å². The van der Waals surface area contributed by atoms with E-state index in [-0.39, 0.29) is 5.82 Å². The molecule has 1 aromatic carbocycles. The quantitative estimate of drug-likeness (QED) is 0.750. The predicted molar refractivity (Wildman–Crippen MR) is 65.7 cm³/mol. The summed E-state index contributed by atoms with van der Waals surface area (Å²) in [7, 11) is 1.90. The maximum absolute atomic E-state index is 13.3. The van der Waals surface area contributed by atoms with Crippen molar-refractivity contribution in [3.8, 4) is 0 Å². The summed E-state index contributed by atoms with van der Waals surface area (Å²) in [6, 6.07) is 3.56. The van der Waals surface area contributed by atoms with Crippen molar-refractivity contribution in [1.82, 2.24) is 4.90 Å². The summed E-state index contributed by atoms with van der Waals surface area (Å²) in [5.74, 6) is -0.737. The summed E-state index contributed by atoms with van der Waals surface area (Å²) in [6.45, 7) is 3.35. The summed E-state index contributed by atoms with van der Waals surface area (Å²) >= 11 is 3.45. The third-order valence-corrected chi connectivity index (χ3v) is 2.81. The highest BCUT2D eigenvalue weighted by molar-refractivity contribution is 9.09. The Labute approximate surface area is 104 Å². The third kappa shape index (κ3) is 4.58. The normalized spacial score (nSPS) is 13.1. The van der Waals surface area contributed by atoms with E-state index in [4.69, 9.17) is 0 Å². The van der Waals surface area contributed by atoms with Gasteiger partial charge in [-0.15, -0.1) is 0 Å². The second kappa shape index (κ2) is 6.30. The molecule has 90 valence electrons. The van der Waals surface area contributed by atoms with Crippen LogP contribution in [0.1, 0.15) is 18.9 Å². The van der Waals surface area contributed by atoms with E-state index in [1.165, 1.54) is 12.1 Å². The van der Waals surface area contributed by atoms with Gasteiger partial charge in [0.1, 0.15) is 11.6 Å². The highest BCUT2D eigenvalue weighted by Gasteiger charge is 2.07. The van der Waals surface area contributed by atoms with Gasteiger partial charge in [-0.25, -0.2) is 8.78 Å². The molecule has 0 aliphatic heterocycles. The fourth-order valence-electron chi connectivity index (χ4n) is 1.43. The van der Waals surface area contributed by atoms with Crippen LogP contribution in [-0.4, -0.2) is 23.3 Å². The number of nitrogens with zero attached hydrogens (tertiary/aromatic N) is 1. The fraction of sp³-hybridized carbons (Fsp3) is 0.500. The van der Waals surface area contributed by atoms with Gasteiger partial charge in [-0.05, 0) is 38.2 Å². The third-order valence-electron chi connectivity index (χ3n) is 2.36. The molecule has 1 rings (SSSR count). The summed E-state index contributed by atoms with van der Waals surface area (Å²) in [6.07, 6.45) is 0.980. The minimum atomic E-state index is -0.390. The van der Waals surface area contributed by atoms with E-state index in [1.807, 2.05) is 11.9 Å². The zero-order valence-electron chi connectivity index (χ0n) is 9.51. The Balaban J connectivity index is 2.55. The van der Waals surface area contributed by atoms with E-state index < -0.39 is 5.82 Å². The first-order chi connectivity index (χ1) is 7.49. The number of rotatable bonds is 5. The summed E-state index contributed by atoms with van der Waals surface area (Å²) in [5.41, 5.74) is 0.407. The second-order valence-electron chi connectivity index (χ2n) is 4.04. The molecule has 0 bridgehead atoms. The summed E-state index contributed by atoms with van der Waals surface area (Å²) in [4.78, 5) is 2.42. The molecule has 1 atom stereocenters. The maximum atomic E-state index is 13.3. The van der Waals surface area contributed by atoms with E-state index in [9.17, 15) is 8.78 Å². The number of hydrogen-bond donors (Lipinski definition) is 0. The van der Waals surface area contributed by atoms with E-state index in [2.05, 4.69) is 22.9 Å². The van der Waals surface area contributed by atoms with Gasteiger partial charge in [-0.3, -0.25) is 0 Å². The molecule has 0 fully saturated rings. The van der Waals surface area contributed by atoms with Crippen molar-refractivity contribution in [2.24, 2.45) is 0 Å². The first kappa shape index (κ1) is 13.6. The van der Waals surface area contributed by atoms with Crippen LogP contribution in [0.3, 0.4) is 0 Å². The number of halogens is 3.